The van der Waals surface area contributed by atoms with Gasteiger partial charge >= 0.3 is 0 Å². The molecule has 2 aromatic carbocycles. The number of rotatable bonds is 5. The molecule has 0 fully saturated rings. The lowest BCUT2D eigenvalue weighted by atomic mass is 10.1. The minimum Gasteiger partial charge on any atom is -0.497 e. The Kier molecular flexibility index (Phi) is 4.74. The number of benzene rings is 2. The Balaban J connectivity index is 2.12. The van der Waals surface area contributed by atoms with Gasteiger partial charge in [0.2, 0.25) is 0 Å². The summed E-state index contributed by atoms with van der Waals surface area (Å²) in [7, 11) is 3.29. The molecule has 0 aliphatic heterocycles. The topological polar surface area (TPSA) is 30.5 Å². The number of ether oxygens (including phenoxy) is 2. The van der Waals surface area contributed by atoms with Gasteiger partial charge < -0.3 is 14.8 Å². The van der Waals surface area contributed by atoms with Crippen LogP contribution in [-0.4, -0.2) is 14.2 Å². The van der Waals surface area contributed by atoms with Gasteiger partial charge in [0.1, 0.15) is 11.5 Å². The van der Waals surface area contributed by atoms with Crippen molar-refractivity contribution in [2.24, 2.45) is 0 Å². The van der Waals surface area contributed by atoms with Gasteiger partial charge in [-0.3, -0.25) is 0 Å². The van der Waals surface area contributed by atoms with Gasteiger partial charge in [0.05, 0.1) is 14.2 Å². The Morgan fingerprint density at radius 1 is 1.05 bits per heavy atom. The summed E-state index contributed by atoms with van der Waals surface area (Å²) in [4.78, 5) is 0. The summed E-state index contributed by atoms with van der Waals surface area (Å²) in [5.74, 6) is 1.58. The summed E-state index contributed by atoms with van der Waals surface area (Å²) in [6.07, 6.45) is 0. The Morgan fingerprint density at radius 3 is 2.50 bits per heavy atom. The number of hydrogen-bond acceptors (Lipinski definition) is 3. The maximum atomic E-state index is 6.11. The van der Waals surface area contributed by atoms with Crippen molar-refractivity contribution >= 4 is 17.3 Å². The second-order valence-electron chi connectivity index (χ2n) is 4.50. The predicted octanol–water partition coefficient (Wildman–Crippen LogP) is 4.28. The number of nitrogens with one attached hydrogen (secondary N) is 1. The first-order valence-electron chi connectivity index (χ1n) is 6.35. The Labute approximate surface area is 124 Å². The molecule has 2 rings (SSSR count). The molecule has 0 heterocycles. The molecular formula is C16H18ClNO2. The van der Waals surface area contributed by atoms with Crippen LogP contribution in [0.15, 0.2) is 36.4 Å². The van der Waals surface area contributed by atoms with E-state index in [1.807, 2.05) is 43.3 Å². The average molecular weight is 292 g/mol. The molecule has 106 valence electrons. The smallest absolute Gasteiger partial charge is 0.127 e. The fraction of sp³-hybridized carbons (Fsp3) is 0.250. The van der Waals surface area contributed by atoms with Gasteiger partial charge in [-0.1, -0.05) is 17.7 Å². The fourth-order valence-electron chi connectivity index (χ4n) is 1.90. The van der Waals surface area contributed by atoms with E-state index in [1.165, 1.54) is 0 Å². The maximum Gasteiger partial charge on any atom is 0.127 e. The molecular weight excluding hydrogens is 274 g/mol. The van der Waals surface area contributed by atoms with Gasteiger partial charge in [0, 0.05) is 28.9 Å². The Morgan fingerprint density at radius 2 is 1.85 bits per heavy atom. The minimum atomic E-state index is 0.659. The summed E-state index contributed by atoms with van der Waals surface area (Å²) < 4.78 is 10.6. The van der Waals surface area contributed by atoms with E-state index in [-0.39, 0.29) is 0 Å². The van der Waals surface area contributed by atoms with E-state index in [2.05, 4.69) is 5.32 Å². The largest absolute Gasteiger partial charge is 0.497 e. The standard InChI is InChI=1S/C16H18ClNO2/c1-11-4-6-13(8-15(11)17)18-10-12-5-7-14(19-2)9-16(12)20-3/h4-9,18H,10H2,1-3H3. The van der Waals surface area contributed by atoms with Crippen molar-refractivity contribution in [1.82, 2.24) is 0 Å². The van der Waals surface area contributed by atoms with Gasteiger partial charge in [0.15, 0.2) is 0 Å². The van der Waals surface area contributed by atoms with Crippen molar-refractivity contribution in [3.05, 3.63) is 52.5 Å². The van der Waals surface area contributed by atoms with Gasteiger partial charge in [-0.15, -0.1) is 0 Å². The number of methoxy groups -OCH3 is 2. The van der Waals surface area contributed by atoms with Crippen LogP contribution in [0.5, 0.6) is 11.5 Å². The second-order valence-corrected chi connectivity index (χ2v) is 4.90. The van der Waals surface area contributed by atoms with Crippen LogP contribution in [0.4, 0.5) is 5.69 Å². The molecule has 0 amide bonds. The van der Waals surface area contributed by atoms with Crippen LogP contribution in [0.2, 0.25) is 5.02 Å². The highest BCUT2D eigenvalue weighted by Crippen LogP contribution is 2.26. The van der Waals surface area contributed by atoms with E-state index in [9.17, 15) is 0 Å². The number of hydrogen-bond donors (Lipinski definition) is 1. The van der Waals surface area contributed by atoms with E-state index in [4.69, 9.17) is 21.1 Å². The third-order valence-electron chi connectivity index (χ3n) is 3.15. The monoisotopic (exact) mass is 291 g/mol. The fourth-order valence-corrected chi connectivity index (χ4v) is 2.08. The van der Waals surface area contributed by atoms with Crippen LogP contribution in [-0.2, 0) is 6.54 Å². The van der Waals surface area contributed by atoms with E-state index < -0.39 is 0 Å². The molecule has 3 nitrogen and oxygen atoms in total. The average Bonchev–Trinajstić information content (AvgIpc) is 2.48. The third kappa shape index (κ3) is 3.36. The SMILES string of the molecule is COc1ccc(CNc2ccc(C)c(Cl)c2)c(OC)c1. The molecule has 0 atom stereocenters. The molecule has 2 aromatic rings. The Bertz CT molecular complexity index is 599. The van der Waals surface area contributed by atoms with Crippen molar-refractivity contribution in [3.63, 3.8) is 0 Å². The van der Waals surface area contributed by atoms with E-state index >= 15 is 0 Å². The van der Waals surface area contributed by atoms with Gasteiger partial charge in [-0.05, 0) is 36.8 Å². The molecule has 20 heavy (non-hydrogen) atoms. The van der Waals surface area contributed by atoms with Crippen molar-refractivity contribution < 1.29 is 9.47 Å². The van der Waals surface area contributed by atoms with Crippen LogP contribution in [0.1, 0.15) is 11.1 Å². The quantitative estimate of drug-likeness (QED) is 0.892. The van der Waals surface area contributed by atoms with Gasteiger partial charge in [0.25, 0.3) is 0 Å². The van der Waals surface area contributed by atoms with Gasteiger partial charge in [-0.25, -0.2) is 0 Å². The molecule has 0 saturated carbocycles. The molecule has 1 N–H and O–H groups in total. The number of halogens is 1. The van der Waals surface area contributed by atoms with Crippen molar-refractivity contribution in [2.45, 2.75) is 13.5 Å². The summed E-state index contributed by atoms with van der Waals surface area (Å²) in [6.45, 7) is 2.64. The van der Waals surface area contributed by atoms with Crippen LogP contribution >= 0.6 is 11.6 Å². The summed E-state index contributed by atoms with van der Waals surface area (Å²) >= 11 is 6.11. The predicted molar refractivity (Wildman–Crippen MR) is 83.1 cm³/mol. The van der Waals surface area contributed by atoms with E-state index in [1.54, 1.807) is 14.2 Å². The Hall–Kier alpha value is -1.87. The van der Waals surface area contributed by atoms with Crippen LogP contribution in [0.3, 0.4) is 0 Å². The summed E-state index contributed by atoms with van der Waals surface area (Å²) in [5, 5.41) is 4.10. The lowest BCUT2D eigenvalue weighted by molar-refractivity contribution is 0.391. The van der Waals surface area contributed by atoms with Crippen LogP contribution in [0.25, 0.3) is 0 Å². The molecule has 0 aliphatic rings. The van der Waals surface area contributed by atoms with Crippen molar-refractivity contribution in [2.75, 3.05) is 19.5 Å². The van der Waals surface area contributed by atoms with E-state index in [0.29, 0.717) is 6.54 Å². The summed E-state index contributed by atoms with van der Waals surface area (Å²) in [6, 6.07) is 11.7. The molecule has 0 radical (unpaired) electrons. The molecule has 0 saturated heterocycles. The maximum absolute atomic E-state index is 6.11. The zero-order valence-electron chi connectivity index (χ0n) is 11.9. The second kappa shape index (κ2) is 6.53. The van der Waals surface area contributed by atoms with Crippen LogP contribution < -0.4 is 14.8 Å². The van der Waals surface area contributed by atoms with Gasteiger partial charge in [-0.2, -0.15) is 0 Å². The zero-order valence-corrected chi connectivity index (χ0v) is 12.6. The molecule has 0 aromatic heterocycles. The molecule has 0 aliphatic carbocycles. The first-order valence-corrected chi connectivity index (χ1v) is 6.72. The molecule has 0 unspecified atom stereocenters. The summed E-state index contributed by atoms with van der Waals surface area (Å²) in [5.41, 5.74) is 3.11. The lowest BCUT2D eigenvalue weighted by Crippen LogP contribution is -2.02. The highest BCUT2D eigenvalue weighted by molar-refractivity contribution is 6.31. The third-order valence-corrected chi connectivity index (χ3v) is 3.56. The van der Waals surface area contributed by atoms with Crippen molar-refractivity contribution in [3.8, 4) is 11.5 Å². The highest BCUT2D eigenvalue weighted by atomic mass is 35.5. The first kappa shape index (κ1) is 14.5. The highest BCUT2D eigenvalue weighted by Gasteiger charge is 2.05. The van der Waals surface area contributed by atoms with Crippen LogP contribution in [0, 0.1) is 6.92 Å². The normalized spacial score (nSPS) is 10.2. The lowest BCUT2D eigenvalue weighted by Gasteiger charge is -2.12. The molecule has 0 bridgehead atoms. The first-order chi connectivity index (χ1) is 9.63. The number of aryl methyl sites for hydroxylation is 1. The minimum absolute atomic E-state index is 0.659. The van der Waals surface area contributed by atoms with Crippen molar-refractivity contribution in [1.29, 1.82) is 0 Å². The molecule has 4 heteroatoms. The molecule has 0 spiro atoms. The zero-order chi connectivity index (χ0) is 14.5. The van der Waals surface area contributed by atoms with E-state index in [0.717, 1.165) is 33.3 Å². The number of anilines is 1.